The predicted octanol–water partition coefficient (Wildman–Crippen LogP) is 3.92. The first-order valence-corrected chi connectivity index (χ1v) is 11.4. The third-order valence-corrected chi connectivity index (χ3v) is 7.08. The summed E-state index contributed by atoms with van der Waals surface area (Å²) in [5.41, 5.74) is 1.63. The number of anilines is 1. The Hall–Kier alpha value is -2.71. The summed E-state index contributed by atoms with van der Waals surface area (Å²) in [5, 5.41) is 2.85. The van der Waals surface area contributed by atoms with E-state index in [1.807, 2.05) is 20.8 Å². The van der Waals surface area contributed by atoms with E-state index in [0.29, 0.717) is 42.1 Å². The molecule has 30 heavy (non-hydrogen) atoms. The lowest BCUT2D eigenvalue weighted by Crippen LogP contribution is -2.43. The molecule has 2 aromatic carbocycles. The second-order valence-electron chi connectivity index (χ2n) is 8.53. The Labute approximate surface area is 176 Å². The maximum atomic E-state index is 13.0. The summed E-state index contributed by atoms with van der Waals surface area (Å²) in [6.45, 7) is 6.37. The van der Waals surface area contributed by atoms with Gasteiger partial charge < -0.3 is 9.73 Å². The van der Waals surface area contributed by atoms with E-state index in [1.165, 1.54) is 4.31 Å². The fraction of sp³-hybridized carbons (Fsp3) is 0.364. The molecule has 2 heterocycles. The Kier molecular flexibility index (Phi) is 5.15. The second-order valence-corrected chi connectivity index (χ2v) is 10.4. The molecule has 7 nitrogen and oxygen atoms in total. The van der Waals surface area contributed by atoms with Gasteiger partial charge >= 0.3 is 0 Å². The summed E-state index contributed by atoms with van der Waals surface area (Å²) in [5.74, 6) is 0.280. The molecule has 1 amide bonds. The molecule has 3 aromatic rings. The number of aromatic nitrogens is 1. The monoisotopic (exact) mass is 427 g/mol. The van der Waals surface area contributed by atoms with E-state index in [2.05, 4.69) is 10.3 Å². The number of fused-ring (bicyclic) bond motifs is 1. The average Bonchev–Trinajstić information content (AvgIpc) is 3.35. The molecule has 1 aromatic heterocycles. The fourth-order valence-corrected chi connectivity index (χ4v) is 5.25. The highest BCUT2D eigenvalue weighted by Gasteiger charge is 2.39. The van der Waals surface area contributed by atoms with E-state index in [1.54, 1.807) is 48.5 Å². The number of hydrogen-bond acceptors (Lipinski definition) is 5. The SMILES string of the molecule is CC(C)(C)c1nc2cc(NC(=O)C3CCCN3S(=O)(=O)c3ccccc3)ccc2o1. The molecule has 1 N–H and O–H groups in total. The summed E-state index contributed by atoms with van der Waals surface area (Å²) in [4.78, 5) is 17.7. The van der Waals surface area contributed by atoms with Gasteiger partial charge in [-0.3, -0.25) is 4.79 Å². The number of sulfonamides is 1. The molecule has 0 spiro atoms. The number of rotatable bonds is 4. The molecule has 0 radical (unpaired) electrons. The van der Waals surface area contributed by atoms with Gasteiger partial charge in [0.2, 0.25) is 21.8 Å². The van der Waals surface area contributed by atoms with Crippen molar-refractivity contribution >= 4 is 32.7 Å². The van der Waals surface area contributed by atoms with Crippen molar-refractivity contribution in [1.29, 1.82) is 0 Å². The molecule has 0 aliphatic carbocycles. The van der Waals surface area contributed by atoms with Crippen molar-refractivity contribution < 1.29 is 17.6 Å². The van der Waals surface area contributed by atoms with Crippen LogP contribution in [-0.2, 0) is 20.2 Å². The van der Waals surface area contributed by atoms with Gasteiger partial charge in [0.1, 0.15) is 11.6 Å². The van der Waals surface area contributed by atoms with Gasteiger partial charge in [0.05, 0.1) is 4.90 Å². The molecule has 1 aliphatic rings. The van der Waals surface area contributed by atoms with Gasteiger partial charge in [-0.05, 0) is 43.2 Å². The number of carbonyl (C=O) groups is 1. The van der Waals surface area contributed by atoms with Crippen molar-refractivity contribution in [2.45, 2.75) is 50.0 Å². The zero-order valence-electron chi connectivity index (χ0n) is 17.3. The first kappa shape index (κ1) is 20.6. The van der Waals surface area contributed by atoms with E-state index in [0.717, 1.165) is 0 Å². The number of nitrogens with zero attached hydrogens (tertiary/aromatic N) is 2. The summed E-state index contributed by atoms with van der Waals surface area (Å²) in [6.07, 6.45) is 1.12. The van der Waals surface area contributed by atoms with Crippen molar-refractivity contribution in [2.75, 3.05) is 11.9 Å². The number of oxazole rings is 1. The number of nitrogens with one attached hydrogen (secondary N) is 1. The van der Waals surface area contributed by atoms with Crippen LogP contribution in [0.2, 0.25) is 0 Å². The van der Waals surface area contributed by atoms with Crippen LogP contribution >= 0.6 is 0 Å². The second kappa shape index (κ2) is 7.52. The van der Waals surface area contributed by atoms with Crippen molar-refractivity contribution in [1.82, 2.24) is 9.29 Å². The molecule has 1 atom stereocenters. The largest absolute Gasteiger partial charge is 0.440 e. The Morgan fingerprint density at radius 3 is 2.60 bits per heavy atom. The van der Waals surface area contributed by atoms with Crippen LogP contribution in [0.4, 0.5) is 5.69 Å². The van der Waals surface area contributed by atoms with E-state index in [4.69, 9.17) is 4.42 Å². The van der Waals surface area contributed by atoms with Crippen LogP contribution in [-0.4, -0.2) is 36.2 Å². The van der Waals surface area contributed by atoms with E-state index in [9.17, 15) is 13.2 Å². The number of benzene rings is 2. The first-order valence-electron chi connectivity index (χ1n) is 9.95. The Morgan fingerprint density at radius 1 is 1.17 bits per heavy atom. The smallest absolute Gasteiger partial charge is 0.243 e. The lowest BCUT2D eigenvalue weighted by Gasteiger charge is -2.23. The summed E-state index contributed by atoms with van der Waals surface area (Å²) >= 11 is 0. The highest BCUT2D eigenvalue weighted by Crippen LogP contribution is 2.29. The van der Waals surface area contributed by atoms with Crippen molar-refractivity contribution in [3.8, 4) is 0 Å². The van der Waals surface area contributed by atoms with Gasteiger partial charge in [-0.25, -0.2) is 13.4 Å². The summed E-state index contributed by atoms with van der Waals surface area (Å²) in [7, 11) is -3.73. The molecule has 0 bridgehead atoms. The average molecular weight is 428 g/mol. The number of amides is 1. The molecule has 0 saturated carbocycles. The predicted molar refractivity (Wildman–Crippen MR) is 115 cm³/mol. The lowest BCUT2D eigenvalue weighted by atomic mass is 9.97. The highest BCUT2D eigenvalue weighted by molar-refractivity contribution is 7.89. The van der Waals surface area contributed by atoms with Crippen molar-refractivity contribution in [3.63, 3.8) is 0 Å². The van der Waals surface area contributed by atoms with Crippen LogP contribution < -0.4 is 5.32 Å². The molecule has 1 saturated heterocycles. The van der Waals surface area contributed by atoms with Gasteiger partial charge in [0.15, 0.2) is 5.58 Å². The molecule has 1 fully saturated rings. The maximum Gasteiger partial charge on any atom is 0.243 e. The Morgan fingerprint density at radius 2 is 1.90 bits per heavy atom. The molecule has 1 unspecified atom stereocenters. The van der Waals surface area contributed by atoms with Crippen LogP contribution in [0.1, 0.15) is 39.5 Å². The zero-order valence-corrected chi connectivity index (χ0v) is 18.1. The Bertz CT molecular complexity index is 1180. The van der Waals surface area contributed by atoms with Crippen LogP contribution in [0.5, 0.6) is 0 Å². The standard InChI is InChI=1S/C22H25N3O4S/c1-22(2,3)21-24-17-14-15(11-12-19(17)29-21)23-20(26)18-10-7-13-25(18)30(27,28)16-8-5-4-6-9-16/h4-6,8-9,11-12,14,18H,7,10,13H2,1-3H3,(H,23,26). The van der Waals surface area contributed by atoms with Gasteiger partial charge in [0.25, 0.3) is 0 Å². The third kappa shape index (κ3) is 3.85. The van der Waals surface area contributed by atoms with Gasteiger partial charge in [-0.15, -0.1) is 0 Å². The lowest BCUT2D eigenvalue weighted by molar-refractivity contribution is -0.119. The van der Waals surface area contributed by atoms with E-state index in [-0.39, 0.29) is 16.2 Å². The quantitative estimate of drug-likeness (QED) is 0.681. The molecule has 8 heteroatoms. The van der Waals surface area contributed by atoms with Crippen molar-refractivity contribution in [2.24, 2.45) is 0 Å². The minimum absolute atomic E-state index is 0.198. The van der Waals surface area contributed by atoms with Gasteiger partial charge in [-0.2, -0.15) is 4.31 Å². The minimum atomic E-state index is -3.73. The minimum Gasteiger partial charge on any atom is -0.440 e. The van der Waals surface area contributed by atoms with Crippen LogP contribution in [0.15, 0.2) is 57.8 Å². The molecule has 1 aliphatic heterocycles. The Balaban J connectivity index is 1.56. The molecule has 158 valence electrons. The molecule has 4 rings (SSSR count). The summed E-state index contributed by atoms with van der Waals surface area (Å²) in [6, 6.07) is 12.7. The van der Waals surface area contributed by atoms with Crippen molar-refractivity contribution in [3.05, 3.63) is 54.4 Å². The van der Waals surface area contributed by atoms with Gasteiger partial charge in [-0.1, -0.05) is 39.0 Å². The third-order valence-electron chi connectivity index (χ3n) is 5.15. The topological polar surface area (TPSA) is 92.5 Å². The fourth-order valence-electron chi connectivity index (χ4n) is 3.57. The van der Waals surface area contributed by atoms with Crippen LogP contribution in [0.3, 0.4) is 0 Å². The summed E-state index contributed by atoms with van der Waals surface area (Å²) < 4.78 is 33.1. The van der Waals surface area contributed by atoms with Crippen LogP contribution in [0.25, 0.3) is 11.1 Å². The zero-order chi connectivity index (χ0) is 21.5. The molecular weight excluding hydrogens is 402 g/mol. The highest BCUT2D eigenvalue weighted by atomic mass is 32.2. The van der Waals surface area contributed by atoms with E-state index >= 15 is 0 Å². The van der Waals surface area contributed by atoms with Crippen LogP contribution in [0, 0.1) is 0 Å². The molecular formula is C22H25N3O4S. The van der Waals surface area contributed by atoms with Gasteiger partial charge in [0, 0.05) is 17.6 Å². The normalized spacial score (nSPS) is 18.0. The van der Waals surface area contributed by atoms with E-state index < -0.39 is 16.1 Å². The number of carbonyl (C=O) groups excluding carboxylic acids is 1. The first-order chi connectivity index (χ1) is 14.2. The number of hydrogen-bond donors (Lipinski definition) is 1. The maximum absolute atomic E-state index is 13.0.